The monoisotopic (exact) mass is 421 g/mol. The molecule has 0 radical (unpaired) electrons. The summed E-state index contributed by atoms with van der Waals surface area (Å²) in [7, 11) is 0. The Hall–Kier alpha value is -1.89. The number of thiocarbonyl (C=S) groups is 1. The van der Waals surface area contributed by atoms with Gasteiger partial charge in [0.15, 0.2) is 0 Å². The van der Waals surface area contributed by atoms with Gasteiger partial charge in [-0.15, -0.1) is 0 Å². The van der Waals surface area contributed by atoms with Crippen molar-refractivity contribution in [2.24, 2.45) is 0 Å². The lowest BCUT2D eigenvalue weighted by Crippen LogP contribution is -2.28. The first-order valence-corrected chi connectivity index (χ1v) is 10.0. The van der Waals surface area contributed by atoms with Gasteiger partial charge in [0.25, 0.3) is 5.91 Å². The highest BCUT2D eigenvalue weighted by molar-refractivity contribution is 8.26. The Bertz CT molecular complexity index is 896. The van der Waals surface area contributed by atoms with Gasteiger partial charge in [-0.25, -0.2) is 4.39 Å². The first kappa shape index (κ1) is 19.9. The third kappa shape index (κ3) is 4.69. The van der Waals surface area contributed by atoms with Gasteiger partial charge < -0.3 is 4.74 Å². The van der Waals surface area contributed by atoms with E-state index >= 15 is 0 Å². The van der Waals surface area contributed by atoms with Crippen molar-refractivity contribution in [1.29, 1.82) is 0 Å². The van der Waals surface area contributed by atoms with Crippen LogP contribution in [0.5, 0.6) is 5.75 Å². The number of hydrogen-bond acceptors (Lipinski definition) is 4. The van der Waals surface area contributed by atoms with Gasteiger partial charge in [0, 0.05) is 12.1 Å². The second-order valence-electron chi connectivity index (χ2n) is 5.89. The van der Waals surface area contributed by atoms with Gasteiger partial charge in [0.1, 0.15) is 22.5 Å². The molecule has 3 rings (SSSR count). The van der Waals surface area contributed by atoms with E-state index in [1.54, 1.807) is 35.2 Å². The topological polar surface area (TPSA) is 29.5 Å². The van der Waals surface area contributed by atoms with Gasteiger partial charge in [-0.3, -0.25) is 9.69 Å². The van der Waals surface area contributed by atoms with Crippen LogP contribution in [-0.2, 0) is 11.4 Å². The number of thioether (sulfide) groups is 1. The summed E-state index contributed by atoms with van der Waals surface area (Å²) in [4.78, 5) is 14.6. The summed E-state index contributed by atoms with van der Waals surface area (Å²) in [6.45, 7) is 2.65. The van der Waals surface area contributed by atoms with Crippen LogP contribution in [-0.4, -0.2) is 21.7 Å². The van der Waals surface area contributed by atoms with E-state index in [4.69, 9.17) is 28.6 Å². The van der Waals surface area contributed by atoms with Crippen molar-refractivity contribution in [2.45, 2.75) is 20.0 Å². The van der Waals surface area contributed by atoms with Crippen LogP contribution in [0, 0.1) is 5.82 Å². The molecule has 140 valence electrons. The average molecular weight is 422 g/mol. The molecule has 1 heterocycles. The Balaban J connectivity index is 1.74. The molecule has 0 spiro atoms. The first-order valence-electron chi connectivity index (χ1n) is 8.40. The van der Waals surface area contributed by atoms with Crippen molar-refractivity contribution in [1.82, 2.24) is 4.90 Å². The van der Waals surface area contributed by atoms with E-state index in [1.807, 2.05) is 19.1 Å². The fourth-order valence-electron chi connectivity index (χ4n) is 2.59. The minimum atomic E-state index is -0.404. The van der Waals surface area contributed by atoms with E-state index in [0.717, 1.165) is 12.0 Å². The van der Waals surface area contributed by atoms with Crippen LogP contribution in [0.3, 0.4) is 0 Å². The Kier molecular flexibility index (Phi) is 6.52. The SMILES string of the molecule is CCCN1C(=O)/C(=C\c2cccc(OCc3c(F)cccc3Cl)c2)SC1=S. The number of benzene rings is 2. The summed E-state index contributed by atoms with van der Waals surface area (Å²) >= 11 is 12.6. The number of rotatable bonds is 6. The maximum absolute atomic E-state index is 13.9. The standard InChI is InChI=1S/C20H17ClFNO2S2/c1-2-9-23-19(24)18(27-20(23)26)11-13-5-3-6-14(10-13)25-12-15-16(21)7-4-8-17(15)22/h3-8,10-11H,2,9,12H2,1H3/b18-11+. The van der Waals surface area contributed by atoms with Gasteiger partial charge in [-0.05, 0) is 42.3 Å². The molecule has 7 heteroatoms. The number of carbonyl (C=O) groups excluding carboxylic acids is 1. The molecule has 0 aliphatic carbocycles. The van der Waals surface area contributed by atoms with Crippen molar-refractivity contribution in [2.75, 3.05) is 6.54 Å². The molecule has 2 aromatic carbocycles. The van der Waals surface area contributed by atoms with Crippen LogP contribution in [0.25, 0.3) is 6.08 Å². The Morgan fingerprint density at radius 3 is 2.81 bits per heavy atom. The van der Waals surface area contributed by atoms with E-state index < -0.39 is 5.82 Å². The zero-order chi connectivity index (χ0) is 19.4. The van der Waals surface area contributed by atoms with Gasteiger partial charge >= 0.3 is 0 Å². The number of amides is 1. The lowest BCUT2D eigenvalue weighted by atomic mass is 10.2. The second kappa shape index (κ2) is 8.87. The molecule has 1 aliphatic heterocycles. The third-order valence-electron chi connectivity index (χ3n) is 3.92. The summed E-state index contributed by atoms with van der Waals surface area (Å²) in [6, 6.07) is 11.8. The molecule has 0 N–H and O–H groups in total. The molecule has 2 aromatic rings. The number of carbonyl (C=O) groups is 1. The fourth-order valence-corrected chi connectivity index (χ4v) is 4.11. The van der Waals surface area contributed by atoms with Crippen LogP contribution in [0.2, 0.25) is 5.02 Å². The molecule has 0 bridgehead atoms. The van der Waals surface area contributed by atoms with Crippen molar-refractivity contribution < 1.29 is 13.9 Å². The van der Waals surface area contributed by atoms with Crippen LogP contribution >= 0.6 is 35.6 Å². The Morgan fingerprint density at radius 1 is 1.30 bits per heavy atom. The molecule has 0 saturated carbocycles. The molecule has 0 unspecified atom stereocenters. The lowest BCUT2D eigenvalue weighted by Gasteiger charge is -2.12. The van der Waals surface area contributed by atoms with Crippen molar-refractivity contribution >= 4 is 51.9 Å². The average Bonchev–Trinajstić information content (AvgIpc) is 2.89. The summed E-state index contributed by atoms with van der Waals surface area (Å²) < 4.78 is 20.1. The van der Waals surface area contributed by atoms with Crippen molar-refractivity contribution in [3.63, 3.8) is 0 Å². The second-order valence-corrected chi connectivity index (χ2v) is 7.98. The minimum Gasteiger partial charge on any atom is -0.489 e. The Morgan fingerprint density at radius 2 is 2.07 bits per heavy atom. The van der Waals surface area contributed by atoms with Crippen molar-refractivity contribution in [3.8, 4) is 5.75 Å². The molecule has 27 heavy (non-hydrogen) atoms. The zero-order valence-corrected chi connectivity index (χ0v) is 17.0. The summed E-state index contributed by atoms with van der Waals surface area (Å²) in [5.74, 6) is 0.0849. The van der Waals surface area contributed by atoms with Gasteiger partial charge in [-0.2, -0.15) is 0 Å². The van der Waals surface area contributed by atoms with Crippen LogP contribution in [0.4, 0.5) is 4.39 Å². The van der Waals surface area contributed by atoms with E-state index in [0.29, 0.717) is 32.1 Å². The van der Waals surface area contributed by atoms with Crippen LogP contribution < -0.4 is 4.74 Å². The minimum absolute atomic E-state index is 0.0214. The highest BCUT2D eigenvalue weighted by Gasteiger charge is 2.31. The molecule has 1 fully saturated rings. The maximum Gasteiger partial charge on any atom is 0.266 e. The highest BCUT2D eigenvalue weighted by Crippen LogP contribution is 2.33. The molecule has 1 aliphatic rings. The predicted octanol–water partition coefficient (Wildman–Crippen LogP) is 5.67. The molecular weight excluding hydrogens is 405 g/mol. The van der Waals surface area contributed by atoms with Gasteiger partial charge in [-0.1, -0.05) is 60.7 Å². The molecule has 1 amide bonds. The van der Waals surface area contributed by atoms with Gasteiger partial charge in [0.05, 0.1) is 9.93 Å². The first-order chi connectivity index (χ1) is 13.0. The van der Waals surface area contributed by atoms with Crippen LogP contribution in [0.1, 0.15) is 24.5 Å². The molecule has 1 saturated heterocycles. The third-order valence-corrected chi connectivity index (χ3v) is 5.65. The van der Waals surface area contributed by atoms with E-state index in [2.05, 4.69) is 0 Å². The van der Waals surface area contributed by atoms with Crippen molar-refractivity contribution in [3.05, 3.63) is 69.3 Å². The van der Waals surface area contributed by atoms with E-state index in [-0.39, 0.29) is 12.5 Å². The van der Waals surface area contributed by atoms with E-state index in [9.17, 15) is 9.18 Å². The fraction of sp³-hybridized carbons (Fsp3) is 0.200. The molecular formula is C20H17ClFNO2S2. The predicted molar refractivity (Wildman–Crippen MR) is 112 cm³/mol. The zero-order valence-electron chi connectivity index (χ0n) is 14.6. The number of ether oxygens (including phenoxy) is 1. The smallest absolute Gasteiger partial charge is 0.266 e. The number of nitrogens with zero attached hydrogens (tertiary/aromatic N) is 1. The quantitative estimate of drug-likeness (QED) is 0.444. The highest BCUT2D eigenvalue weighted by atomic mass is 35.5. The summed E-state index contributed by atoms with van der Waals surface area (Å²) in [5, 5.41) is 0.325. The van der Waals surface area contributed by atoms with Crippen LogP contribution in [0.15, 0.2) is 47.4 Å². The number of hydrogen-bond donors (Lipinski definition) is 0. The van der Waals surface area contributed by atoms with Gasteiger partial charge in [0.2, 0.25) is 0 Å². The summed E-state index contributed by atoms with van der Waals surface area (Å²) in [5.41, 5.74) is 1.12. The normalized spacial score (nSPS) is 15.7. The molecule has 3 nitrogen and oxygen atoms in total. The number of halogens is 2. The lowest BCUT2D eigenvalue weighted by molar-refractivity contribution is -0.122. The van der Waals surface area contributed by atoms with E-state index in [1.165, 1.54) is 17.8 Å². The molecule has 0 atom stereocenters. The largest absolute Gasteiger partial charge is 0.489 e. The Labute approximate surface area is 172 Å². The molecule has 0 aromatic heterocycles. The summed E-state index contributed by atoms with van der Waals surface area (Å²) in [6.07, 6.45) is 2.64. The maximum atomic E-state index is 13.9.